The molecule has 1 N–H and O–H groups in total. The topological polar surface area (TPSA) is 40.5 Å². The summed E-state index contributed by atoms with van der Waals surface area (Å²) in [7, 11) is 2.02. The van der Waals surface area contributed by atoms with Crippen molar-refractivity contribution in [3.05, 3.63) is 35.9 Å². The number of aliphatic hydroxyl groups is 1. The highest BCUT2D eigenvalue weighted by Gasteiger charge is 2.34. The van der Waals surface area contributed by atoms with E-state index in [9.17, 15) is 9.90 Å². The monoisotopic (exact) mass is 357 g/mol. The van der Waals surface area contributed by atoms with Gasteiger partial charge in [-0.25, -0.2) is 0 Å². The van der Waals surface area contributed by atoms with Crippen molar-refractivity contribution in [3.63, 3.8) is 0 Å². The zero-order valence-electron chi connectivity index (χ0n) is 17.4. The number of aliphatic hydroxyl groups excluding tert-OH is 1. The lowest BCUT2D eigenvalue weighted by Gasteiger charge is -2.38. The minimum absolute atomic E-state index is 0.00125. The first-order valence-corrected chi connectivity index (χ1v) is 9.65. The Kier molecular flexibility index (Phi) is 9.05. The molecule has 4 atom stereocenters. The highest BCUT2D eigenvalue weighted by atomic mass is 16.3. The molecule has 0 radical (unpaired) electrons. The van der Waals surface area contributed by atoms with Crippen molar-refractivity contribution in [2.75, 3.05) is 7.05 Å². The Morgan fingerprint density at radius 1 is 1.08 bits per heavy atom. The molecule has 1 aromatic carbocycles. The van der Waals surface area contributed by atoms with E-state index in [1.807, 2.05) is 51.2 Å². The van der Waals surface area contributed by atoms with Gasteiger partial charge in [-0.3, -0.25) is 9.69 Å². The fraction of sp³-hybridized carbons (Fsp3) is 0.609. The van der Waals surface area contributed by atoms with Gasteiger partial charge in [0, 0.05) is 17.5 Å². The molecule has 1 rings (SSSR count). The minimum Gasteiger partial charge on any atom is -0.380 e. The van der Waals surface area contributed by atoms with Gasteiger partial charge in [-0.15, -0.1) is 0 Å². The van der Waals surface area contributed by atoms with Crippen LogP contribution in [0.25, 0.3) is 0 Å². The van der Waals surface area contributed by atoms with Crippen molar-refractivity contribution in [2.45, 2.75) is 66.2 Å². The molecule has 0 aromatic heterocycles. The van der Waals surface area contributed by atoms with E-state index in [0.717, 1.165) is 5.56 Å². The average Bonchev–Trinajstić information content (AvgIpc) is 2.60. The van der Waals surface area contributed by atoms with Gasteiger partial charge in [0.2, 0.25) is 0 Å². The Hall–Kier alpha value is -1.63. The molecule has 1 unspecified atom stereocenters. The summed E-state index contributed by atoms with van der Waals surface area (Å²) in [6, 6.07) is 9.83. The highest BCUT2D eigenvalue weighted by Crippen LogP contribution is 2.26. The molecule has 0 heterocycles. The number of hydrogen-bond donors (Lipinski definition) is 1. The van der Waals surface area contributed by atoms with E-state index in [1.54, 1.807) is 0 Å². The lowest BCUT2D eigenvalue weighted by molar-refractivity contribution is -0.130. The molecule has 144 valence electrons. The zero-order valence-corrected chi connectivity index (χ0v) is 17.4. The second-order valence-corrected chi connectivity index (χ2v) is 7.98. The van der Waals surface area contributed by atoms with Crippen LogP contribution < -0.4 is 0 Å². The largest absolute Gasteiger partial charge is 0.380 e. The first-order valence-electron chi connectivity index (χ1n) is 9.65. The fourth-order valence-electron chi connectivity index (χ4n) is 3.12. The van der Waals surface area contributed by atoms with Gasteiger partial charge in [0.1, 0.15) is 6.10 Å². The van der Waals surface area contributed by atoms with Gasteiger partial charge in [-0.1, -0.05) is 57.7 Å². The normalized spacial score (nSPS) is 16.1. The third kappa shape index (κ3) is 6.59. The van der Waals surface area contributed by atoms with E-state index in [2.05, 4.69) is 44.4 Å². The quantitative estimate of drug-likeness (QED) is 0.715. The number of carbonyl (C=O) groups is 1. The molecule has 26 heavy (non-hydrogen) atoms. The Balaban J connectivity index is 2.83. The molecule has 0 saturated heterocycles. The predicted octanol–water partition coefficient (Wildman–Crippen LogP) is 4.00. The van der Waals surface area contributed by atoms with Crippen molar-refractivity contribution in [1.82, 2.24) is 4.90 Å². The third-order valence-corrected chi connectivity index (χ3v) is 5.26. The lowest BCUT2D eigenvalue weighted by Crippen LogP contribution is -2.49. The van der Waals surface area contributed by atoms with E-state index in [-0.39, 0.29) is 29.6 Å². The number of Topliss-reactive ketones (excluding diaryl/α,β-unsaturated/α-hetero) is 1. The summed E-state index contributed by atoms with van der Waals surface area (Å²) in [5.41, 5.74) is 0.902. The summed E-state index contributed by atoms with van der Waals surface area (Å²) in [4.78, 5) is 15.0. The van der Waals surface area contributed by atoms with Crippen molar-refractivity contribution in [1.29, 1.82) is 0 Å². The molecule has 3 heteroatoms. The first-order chi connectivity index (χ1) is 12.1. The van der Waals surface area contributed by atoms with Crippen molar-refractivity contribution >= 4 is 5.78 Å². The van der Waals surface area contributed by atoms with E-state index in [4.69, 9.17) is 0 Å². The van der Waals surface area contributed by atoms with Crippen LogP contribution in [0.2, 0.25) is 0 Å². The lowest BCUT2D eigenvalue weighted by atomic mass is 9.80. The third-order valence-electron chi connectivity index (χ3n) is 5.26. The number of hydrogen-bond acceptors (Lipinski definition) is 3. The number of rotatable bonds is 8. The van der Waals surface area contributed by atoms with Gasteiger partial charge >= 0.3 is 0 Å². The van der Waals surface area contributed by atoms with Crippen LogP contribution in [0.3, 0.4) is 0 Å². The maximum atomic E-state index is 12.8. The molecule has 0 amide bonds. The summed E-state index contributed by atoms with van der Waals surface area (Å²) in [6.07, 6.45) is -0.124. The van der Waals surface area contributed by atoms with E-state index >= 15 is 0 Å². The average molecular weight is 358 g/mol. The van der Waals surface area contributed by atoms with Crippen LogP contribution in [-0.2, 0) is 4.79 Å². The molecular weight excluding hydrogens is 322 g/mol. The van der Waals surface area contributed by atoms with E-state index in [1.165, 1.54) is 0 Å². The number of likely N-dealkylation sites (N-methyl/N-ethyl adjacent to an activating group) is 1. The van der Waals surface area contributed by atoms with Crippen LogP contribution in [0.4, 0.5) is 0 Å². The fourth-order valence-corrected chi connectivity index (χ4v) is 3.12. The molecule has 0 aliphatic carbocycles. The van der Waals surface area contributed by atoms with Gasteiger partial charge in [0.25, 0.3) is 0 Å². The standard InChI is InChI=1S/C23H35NO2/c1-16(2)23(26)22(24(7)17(3)4)19(6)18(5)15-21(25)14-13-20-11-9-8-10-12-20/h8-12,16-19,21-22,25H,15H2,1-7H3/t18-,19-,21?,22+/m1/s1. The van der Waals surface area contributed by atoms with Crippen LogP contribution in [0, 0.1) is 29.6 Å². The molecule has 0 aliphatic rings. The zero-order chi connectivity index (χ0) is 19.9. The van der Waals surface area contributed by atoms with Crippen LogP contribution in [0.15, 0.2) is 30.3 Å². The van der Waals surface area contributed by atoms with Crippen LogP contribution in [-0.4, -0.2) is 41.0 Å². The summed E-state index contributed by atoms with van der Waals surface area (Å²) in [6.45, 7) is 12.4. The maximum Gasteiger partial charge on any atom is 0.152 e. The van der Waals surface area contributed by atoms with Crippen molar-refractivity contribution < 1.29 is 9.90 Å². The molecule has 1 aromatic rings. The van der Waals surface area contributed by atoms with Gasteiger partial charge in [0.05, 0.1) is 6.04 Å². The van der Waals surface area contributed by atoms with Gasteiger partial charge < -0.3 is 5.11 Å². The predicted molar refractivity (Wildman–Crippen MR) is 109 cm³/mol. The van der Waals surface area contributed by atoms with Gasteiger partial charge in [0.15, 0.2) is 5.78 Å². The van der Waals surface area contributed by atoms with Crippen LogP contribution in [0.5, 0.6) is 0 Å². The molecular formula is C23H35NO2. The molecule has 0 spiro atoms. The maximum absolute atomic E-state index is 12.8. The van der Waals surface area contributed by atoms with Crippen LogP contribution in [0.1, 0.15) is 53.5 Å². The van der Waals surface area contributed by atoms with Gasteiger partial charge in [-0.05, 0) is 51.3 Å². The summed E-state index contributed by atoms with van der Waals surface area (Å²) in [5, 5.41) is 10.3. The second-order valence-electron chi connectivity index (χ2n) is 7.98. The number of nitrogens with zero attached hydrogens (tertiary/aromatic N) is 1. The molecule has 0 saturated carbocycles. The van der Waals surface area contributed by atoms with Crippen LogP contribution >= 0.6 is 0 Å². The minimum atomic E-state index is -0.688. The highest BCUT2D eigenvalue weighted by molar-refractivity contribution is 5.86. The molecule has 0 bridgehead atoms. The smallest absolute Gasteiger partial charge is 0.152 e. The molecule has 0 fully saturated rings. The van der Waals surface area contributed by atoms with E-state index < -0.39 is 6.10 Å². The Bertz CT molecular complexity index is 612. The Labute approximate surface area is 159 Å². The number of carbonyl (C=O) groups excluding carboxylic acids is 1. The summed E-state index contributed by atoms with van der Waals surface area (Å²) < 4.78 is 0. The first kappa shape index (κ1) is 22.4. The van der Waals surface area contributed by atoms with Gasteiger partial charge in [-0.2, -0.15) is 0 Å². The van der Waals surface area contributed by atoms with Crippen molar-refractivity contribution in [3.8, 4) is 11.8 Å². The summed E-state index contributed by atoms with van der Waals surface area (Å²) in [5.74, 6) is 6.55. The summed E-state index contributed by atoms with van der Waals surface area (Å²) >= 11 is 0. The SMILES string of the molecule is CC(C)C(=O)[C@H]([C@H](C)[C@H](C)CC(O)C#Cc1ccccc1)N(C)C(C)C. The van der Waals surface area contributed by atoms with E-state index in [0.29, 0.717) is 12.5 Å². The molecule has 0 aliphatic heterocycles. The Morgan fingerprint density at radius 2 is 1.65 bits per heavy atom. The number of ketones is 1. The molecule has 3 nitrogen and oxygen atoms in total. The number of benzene rings is 1. The van der Waals surface area contributed by atoms with Crippen molar-refractivity contribution in [2.24, 2.45) is 17.8 Å². The Morgan fingerprint density at radius 3 is 2.15 bits per heavy atom. The second kappa shape index (κ2) is 10.5.